The largest absolute Gasteiger partial charge is 0.337 e. The molecule has 2 heterocycles. The Balaban J connectivity index is 1.92. The first kappa shape index (κ1) is 15.0. The summed E-state index contributed by atoms with van der Waals surface area (Å²) in [6.45, 7) is 7.65. The molecule has 3 rings (SSSR count). The molecule has 1 atom stereocenters. The summed E-state index contributed by atoms with van der Waals surface area (Å²) in [5.74, 6) is 0.00817. The molecule has 0 bridgehead atoms. The molecule has 1 fully saturated rings. The van der Waals surface area contributed by atoms with E-state index < -0.39 is 0 Å². The van der Waals surface area contributed by atoms with Crippen molar-refractivity contribution in [2.24, 2.45) is 11.1 Å². The molecule has 1 unspecified atom stereocenters. The monoisotopic (exact) mass is 297 g/mol. The van der Waals surface area contributed by atoms with Crippen LogP contribution >= 0.6 is 0 Å². The Bertz CT molecular complexity index is 723. The smallest absolute Gasteiger partial charge is 0.272 e. The molecule has 2 aromatic rings. The summed E-state index contributed by atoms with van der Waals surface area (Å²) < 4.78 is 0. The average Bonchev–Trinajstić information content (AvgIpc) is 2.49. The number of para-hydroxylation sites is 1. The van der Waals surface area contributed by atoms with Gasteiger partial charge >= 0.3 is 0 Å². The lowest BCUT2D eigenvalue weighted by Crippen LogP contribution is -2.54. The zero-order valence-electron chi connectivity index (χ0n) is 13.5. The standard InChI is InChI=1S/C18H23N3O/c1-12-10-15(20-14-7-5-4-6-13(12)14)17(22)21-9-8-16(19)18(2,3)11-21/h4-7,10,16H,8-9,11,19H2,1-3H3. The van der Waals surface area contributed by atoms with E-state index in [0.29, 0.717) is 18.8 Å². The van der Waals surface area contributed by atoms with E-state index in [-0.39, 0.29) is 17.4 Å². The number of fused-ring (bicyclic) bond motifs is 1. The SMILES string of the molecule is Cc1cc(C(=O)N2CCC(N)C(C)(C)C2)nc2ccccc12. The number of nitrogens with zero attached hydrogens (tertiary/aromatic N) is 2. The number of pyridine rings is 1. The Labute approximate surface area is 131 Å². The number of rotatable bonds is 1. The summed E-state index contributed by atoms with van der Waals surface area (Å²) in [4.78, 5) is 19.3. The van der Waals surface area contributed by atoms with Crippen molar-refractivity contribution in [3.8, 4) is 0 Å². The Morgan fingerprint density at radius 2 is 2.09 bits per heavy atom. The lowest BCUT2D eigenvalue weighted by atomic mass is 9.79. The lowest BCUT2D eigenvalue weighted by Gasteiger charge is -2.42. The second-order valence-corrected chi connectivity index (χ2v) is 6.95. The normalized spacial score (nSPS) is 21.1. The van der Waals surface area contributed by atoms with Crippen LogP contribution in [0.4, 0.5) is 0 Å². The van der Waals surface area contributed by atoms with Crippen molar-refractivity contribution >= 4 is 16.8 Å². The minimum absolute atomic E-state index is 0.00817. The van der Waals surface area contributed by atoms with E-state index in [4.69, 9.17) is 5.73 Å². The summed E-state index contributed by atoms with van der Waals surface area (Å²) >= 11 is 0. The summed E-state index contributed by atoms with van der Waals surface area (Å²) in [7, 11) is 0. The Kier molecular flexibility index (Phi) is 3.65. The van der Waals surface area contributed by atoms with Crippen molar-refractivity contribution in [3.63, 3.8) is 0 Å². The molecule has 2 N–H and O–H groups in total. The molecule has 4 nitrogen and oxygen atoms in total. The summed E-state index contributed by atoms with van der Waals surface area (Å²) in [5.41, 5.74) is 8.59. The van der Waals surface area contributed by atoms with Crippen LogP contribution in [0.25, 0.3) is 10.9 Å². The maximum absolute atomic E-state index is 12.8. The van der Waals surface area contributed by atoms with E-state index in [1.54, 1.807) is 0 Å². The van der Waals surface area contributed by atoms with Gasteiger partial charge in [-0.25, -0.2) is 4.98 Å². The molecule has 0 saturated carbocycles. The number of amides is 1. The third kappa shape index (κ3) is 2.59. The molecule has 4 heteroatoms. The van der Waals surface area contributed by atoms with E-state index in [0.717, 1.165) is 22.9 Å². The van der Waals surface area contributed by atoms with Crippen LogP contribution in [0.2, 0.25) is 0 Å². The Hall–Kier alpha value is -1.94. The number of aromatic nitrogens is 1. The average molecular weight is 297 g/mol. The van der Waals surface area contributed by atoms with Crippen LogP contribution in [-0.2, 0) is 0 Å². The fourth-order valence-corrected chi connectivity index (χ4v) is 3.17. The van der Waals surface area contributed by atoms with E-state index in [1.807, 2.05) is 42.2 Å². The molecule has 0 radical (unpaired) electrons. The molecule has 1 amide bonds. The van der Waals surface area contributed by atoms with Gasteiger partial charge in [0.1, 0.15) is 5.69 Å². The molecular weight excluding hydrogens is 274 g/mol. The maximum Gasteiger partial charge on any atom is 0.272 e. The van der Waals surface area contributed by atoms with Crippen molar-refractivity contribution in [2.45, 2.75) is 33.2 Å². The first-order valence-electron chi connectivity index (χ1n) is 7.80. The van der Waals surface area contributed by atoms with Gasteiger partial charge in [-0.2, -0.15) is 0 Å². The first-order valence-corrected chi connectivity index (χ1v) is 7.80. The van der Waals surface area contributed by atoms with Crippen LogP contribution < -0.4 is 5.73 Å². The minimum Gasteiger partial charge on any atom is -0.337 e. The first-order chi connectivity index (χ1) is 10.4. The number of hydrogen-bond donors (Lipinski definition) is 1. The highest BCUT2D eigenvalue weighted by atomic mass is 16.2. The van der Waals surface area contributed by atoms with Crippen LogP contribution in [0.5, 0.6) is 0 Å². The predicted octanol–water partition coefficient (Wildman–Crippen LogP) is 2.74. The Morgan fingerprint density at radius 1 is 1.36 bits per heavy atom. The fraction of sp³-hybridized carbons (Fsp3) is 0.444. The zero-order chi connectivity index (χ0) is 15.9. The van der Waals surface area contributed by atoms with Crippen molar-refractivity contribution in [3.05, 3.63) is 41.6 Å². The molecule has 1 saturated heterocycles. The highest BCUT2D eigenvalue weighted by molar-refractivity contribution is 5.96. The highest BCUT2D eigenvalue weighted by Gasteiger charge is 2.35. The second kappa shape index (κ2) is 5.36. The molecule has 0 spiro atoms. The van der Waals surface area contributed by atoms with E-state index in [9.17, 15) is 4.79 Å². The van der Waals surface area contributed by atoms with Crippen LogP contribution in [-0.4, -0.2) is 34.9 Å². The van der Waals surface area contributed by atoms with E-state index >= 15 is 0 Å². The van der Waals surface area contributed by atoms with Gasteiger partial charge in [-0.3, -0.25) is 4.79 Å². The molecule has 22 heavy (non-hydrogen) atoms. The molecular formula is C18H23N3O. The van der Waals surface area contributed by atoms with E-state index in [1.165, 1.54) is 0 Å². The van der Waals surface area contributed by atoms with Gasteiger partial charge in [-0.15, -0.1) is 0 Å². The number of carbonyl (C=O) groups is 1. The maximum atomic E-state index is 12.8. The van der Waals surface area contributed by atoms with E-state index in [2.05, 4.69) is 18.8 Å². The van der Waals surface area contributed by atoms with Crippen LogP contribution in [0.1, 0.15) is 36.3 Å². The van der Waals surface area contributed by atoms with Crippen LogP contribution in [0.15, 0.2) is 30.3 Å². The van der Waals surface area contributed by atoms with Gasteiger partial charge in [0.05, 0.1) is 5.52 Å². The highest BCUT2D eigenvalue weighted by Crippen LogP contribution is 2.29. The molecule has 1 aromatic carbocycles. The van der Waals surface area contributed by atoms with Crippen molar-refractivity contribution in [1.82, 2.24) is 9.88 Å². The van der Waals surface area contributed by atoms with Gasteiger partial charge in [0.2, 0.25) is 0 Å². The topological polar surface area (TPSA) is 59.2 Å². The van der Waals surface area contributed by atoms with Gasteiger partial charge in [0.25, 0.3) is 5.91 Å². The van der Waals surface area contributed by atoms with Gasteiger partial charge in [-0.05, 0) is 36.5 Å². The third-order valence-corrected chi connectivity index (χ3v) is 4.74. The van der Waals surface area contributed by atoms with Crippen molar-refractivity contribution < 1.29 is 4.79 Å². The predicted molar refractivity (Wildman–Crippen MR) is 88.8 cm³/mol. The Morgan fingerprint density at radius 3 is 2.82 bits per heavy atom. The quantitative estimate of drug-likeness (QED) is 0.880. The second-order valence-electron chi connectivity index (χ2n) is 6.95. The van der Waals surface area contributed by atoms with Gasteiger partial charge in [-0.1, -0.05) is 32.0 Å². The minimum atomic E-state index is -0.0558. The lowest BCUT2D eigenvalue weighted by molar-refractivity contribution is 0.0527. The molecule has 1 aliphatic heterocycles. The zero-order valence-corrected chi connectivity index (χ0v) is 13.5. The molecule has 1 aromatic heterocycles. The number of benzene rings is 1. The number of hydrogen-bond acceptors (Lipinski definition) is 3. The number of likely N-dealkylation sites (tertiary alicyclic amines) is 1. The summed E-state index contributed by atoms with van der Waals surface area (Å²) in [5, 5.41) is 1.10. The molecule has 116 valence electrons. The van der Waals surface area contributed by atoms with Crippen LogP contribution in [0, 0.1) is 12.3 Å². The number of nitrogens with two attached hydrogens (primary N) is 1. The molecule has 0 aliphatic carbocycles. The van der Waals surface area contributed by atoms with Crippen molar-refractivity contribution in [1.29, 1.82) is 0 Å². The van der Waals surface area contributed by atoms with Crippen molar-refractivity contribution in [2.75, 3.05) is 13.1 Å². The number of aryl methyl sites for hydroxylation is 1. The van der Waals surface area contributed by atoms with Gasteiger partial charge in [0.15, 0.2) is 0 Å². The number of carbonyl (C=O) groups excluding carboxylic acids is 1. The third-order valence-electron chi connectivity index (χ3n) is 4.74. The van der Waals surface area contributed by atoms with Crippen LogP contribution in [0.3, 0.4) is 0 Å². The molecule has 1 aliphatic rings. The van der Waals surface area contributed by atoms with Gasteiger partial charge < -0.3 is 10.6 Å². The fourth-order valence-electron chi connectivity index (χ4n) is 3.17. The number of piperidine rings is 1. The summed E-state index contributed by atoms with van der Waals surface area (Å²) in [6.07, 6.45) is 0.839. The van der Waals surface area contributed by atoms with Gasteiger partial charge in [0, 0.05) is 24.5 Å². The summed E-state index contributed by atoms with van der Waals surface area (Å²) in [6, 6.07) is 9.97.